The van der Waals surface area contributed by atoms with E-state index in [0.717, 1.165) is 38.5 Å². The summed E-state index contributed by atoms with van der Waals surface area (Å²) in [4.78, 5) is 28.5. The molecular formula is C14H24N2O3. The summed E-state index contributed by atoms with van der Waals surface area (Å²) in [5.41, 5.74) is 2.48. The van der Waals surface area contributed by atoms with E-state index in [1.165, 1.54) is 12.8 Å². The molecule has 2 amide bonds. The van der Waals surface area contributed by atoms with Crippen molar-refractivity contribution in [3.8, 4) is 0 Å². The molecule has 2 saturated carbocycles. The Morgan fingerprint density at radius 3 is 2.32 bits per heavy atom. The van der Waals surface area contributed by atoms with E-state index in [0.29, 0.717) is 6.54 Å². The summed E-state index contributed by atoms with van der Waals surface area (Å²) in [6.45, 7) is 0.398. The van der Waals surface area contributed by atoms with Gasteiger partial charge in [-0.05, 0) is 25.7 Å². The van der Waals surface area contributed by atoms with E-state index in [1.54, 1.807) is 0 Å². The molecule has 19 heavy (non-hydrogen) atoms. The molecule has 108 valence electrons. The fourth-order valence-electron chi connectivity index (χ4n) is 2.84. The zero-order valence-electron chi connectivity index (χ0n) is 11.5. The van der Waals surface area contributed by atoms with Crippen molar-refractivity contribution in [3.63, 3.8) is 0 Å². The van der Waals surface area contributed by atoms with Crippen LogP contribution in [-0.2, 0) is 14.4 Å². The predicted molar refractivity (Wildman–Crippen MR) is 71.1 cm³/mol. The second kappa shape index (κ2) is 7.48. The first-order chi connectivity index (χ1) is 9.25. The minimum absolute atomic E-state index is 0.0991. The van der Waals surface area contributed by atoms with E-state index in [2.05, 4.69) is 10.8 Å². The van der Waals surface area contributed by atoms with Crippen LogP contribution in [0.5, 0.6) is 0 Å². The molecule has 2 fully saturated rings. The number of amides is 2. The number of carbonyl (C=O) groups is 2. The van der Waals surface area contributed by atoms with Gasteiger partial charge in [0.25, 0.3) is 0 Å². The monoisotopic (exact) mass is 268 g/mol. The number of hydroxylamine groups is 1. The van der Waals surface area contributed by atoms with Crippen LogP contribution in [0.15, 0.2) is 0 Å². The maximum Gasteiger partial charge on any atom is 0.245 e. The Labute approximate surface area is 114 Å². The minimum atomic E-state index is -0.154. The lowest BCUT2D eigenvalue weighted by molar-refractivity contribution is -0.138. The average molecular weight is 268 g/mol. The third-order valence-corrected chi connectivity index (χ3v) is 4.02. The average Bonchev–Trinajstić information content (AvgIpc) is 3.09. The molecule has 5 nitrogen and oxygen atoms in total. The van der Waals surface area contributed by atoms with E-state index in [1.807, 2.05) is 0 Å². The van der Waals surface area contributed by atoms with Crippen molar-refractivity contribution < 1.29 is 14.4 Å². The summed E-state index contributed by atoms with van der Waals surface area (Å²) < 4.78 is 0. The van der Waals surface area contributed by atoms with Crippen molar-refractivity contribution in [2.45, 2.75) is 63.9 Å². The fourth-order valence-corrected chi connectivity index (χ4v) is 2.84. The lowest BCUT2D eigenvalue weighted by Crippen LogP contribution is -2.34. The molecule has 0 spiro atoms. The second-order valence-electron chi connectivity index (χ2n) is 5.57. The highest BCUT2D eigenvalue weighted by molar-refractivity contribution is 5.80. The summed E-state index contributed by atoms with van der Waals surface area (Å²) in [6, 6.07) is 0. The molecule has 0 heterocycles. The van der Waals surface area contributed by atoms with Crippen molar-refractivity contribution >= 4 is 11.8 Å². The van der Waals surface area contributed by atoms with E-state index >= 15 is 0 Å². The van der Waals surface area contributed by atoms with Gasteiger partial charge < -0.3 is 5.32 Å². The lowest BCUT2D eigenvalue weighted by Gasteiger charge is -2.12. The van der Waals surface area contributed by atoms with Crippen molar-refractivity contribution in [1.82, 2.24) is 10.8 Å². The highest BCUT2D eigenvalue weighted by atomic mass is 16.7. The van der Waals surface area contributed by atoms with Crippen LogP contribution >= 0.6 is 0 Å². The van der Waals surface area contributed by atoms with Gasteiger partial charge >= 0.3 is 0 Å². The molecule has 0 atom stereocenters. The first kappa shape index (κ1) is 14.3. The molecule has 0 bridgehead atoms. The summed E-state index contributed by atoms with van der Waals surface area (Å²) in [5.74, 6) is 0.110. The molecule has 0 unspecified atom stereocenters. The molecule has 0 aromatic carbocycles. The van der Waals surface area contributed by atoms with Crippen LogP contribution in [0.3, 0.4) is 0 Å². The number of hydrogen-bond donors (Lipinski definition) is 2. The highest BCUT2D eigenvalue weighted by Gasteiger charge is 2.22. The lowest BCUT2D eigenvalue weighted by atomic mass is 10.1. The van der Waals surface area contributed by atoms with Crippen LogP contribution in [0.2, 0.25) is 0 Å². The molecule has 0 aromatic heterocycles. The zero-order valence-corrected chi connectivity index (χ0v) is 11.5. The van der Waals surface area contributed by atoms with E-state index < -0.39 is 0 Å². The number of hydrogen-bond acceptors (Lipinski definition) is 3. The Bertz CT molecular complexity index is 308. The van der Waals surface area contributed by atoms with Crippen LogP contribution in [-0.4, -0.2) is 24.5 Å². The van der Waals surface area contributed by atoms with Gasteiger partial charge in [-0.15, -0.1) is 0 Å². The normalized spacial score (nSPS) is 20.6. The van der Waals surface area contributed by atoms with Crippen LogP contribution in [0.1, 0.15) is 57.8 Å². The molecular weight excluding hydrogens is 244 g/mol. The smallest absolute Gasteiger partial charge is 0.245 e. The molecule has 5 heteroatoms. The van der Waals surface area contributed by atoms with Crippen LogP contribution in [0.25, 0.3) is 0 Å². The summed E-state index contributed by atoms with van der Waals surface area (Å²) in [7, 11) is 0. The van der Waals surface area contributed by atoms with Crippen molar-refractivity contribution in [2.75, 3.05) is 6.54 Å². The molecule has 2 rings (SSSR count). The van der Waals surface area contributed by atoms with Crippen LogP contribution in [0.4, 0.5) is 0 Å². The third-order valence-electron chi connectivity index (χ3n) is 4.02. The molecule has 0 saturated heterocycles. The highest BCUT2D eigenvalue weighted by Crippen LogP contribution is 2.24. The van der Waals surface area contributed by atoms with Gasteiger partial charge in [-0.3, -0.25) is 14.4 Å². The third kappa shape index (κ3) is 4.82. The van der Waals surface area contributed by atoms with Gasteiger partial charge in [-0.1, -0.05) is 25.7 Å². The van der Waals surface area contributed by atoms with Gasteiger partial charge in [0.1, 0.15) is 0 Å². The van der Waals surface area contributed by atoms with Crippen LogP contribution < -0.4 is 10.8 Å². The Morgan fingerprint density at radius 2 is 1.63 bits per heavy atom. The first-order valence-electron chi connectivity index (χ1n) is 7.48. The molecule has 0 aliphatic heterocycles. The number of nitrogens with one attached hydrogen (secondary N) is 2. The first-order valence-corrected chi connectivity index (χ1v) is 7.48. The largest absolute Gasteiger partial charge is 0.355 e. The topological polar surface area (TPSA) is 67.4 Å². The molecule has 2 aliphatic carbocycles. The summed E-state index contributed by atoms with van der Waals surface area (Å²) >= 11 is 0. The zero-order chi connectivity index (χ0) is 13.5. The van der Waals surface area contributed by atoms with Gasteiger partial charge in [0.15, 0.2) is 0 Å². The maximum atomic E-state index is 11.7. The molecule has 0 radical (unpaired) electrons. The van der Waals surface area contributed by atoms with Gasteiger partial charge in [-0.25, -0.2) is 5.48 Å². The van der Waals surface area contributed by atoms with Gasteiger partial charge in [0, 0.05) is 18.9 Å². The maximum absolute atomic E-state index is 11.7. The van der Waals surface area contributed by atoms with E-state index in [9.17, 15) is 9.59 Å². The minimum Gasteiger partial charge on any atom is -0.355 e. The van der Waals surface area contributed by atoms with E-state index in [-0.39, 0.29) is 30.3 Å². The Kier molecular flexibility index (Phi) is 5.63. The second-order valence-corrected chi connectivity index (χ2v) is 5.57. The van der Waals surface area contributed by atoms with E-state index in [4.69, 9.17) is 4.84 Å². The SMILES string of the molecule is O=C(CCNC(=O)C1CCCC1)NOC1CCCC1. The van der Waals surface area contributed by atoms with Gasteiger partial charge in [0.2, 0.25) is 11.8 Å². The molecule has 0 aromatic rings. The van der Waals surface area contributed by atoms with Crippen molar-refractivity contribution in [3.05, 3.63) is 0 Å². The Morgan fingerprint density at radius 1 is 1.00 bits per heavy atom. The predicted octanol–water partition coefficient (Wildman–Crippen LogP) is 1.67. The summed E-state index contributed by atoms with van der Waals surface area (Å²) in [5, 5.41) is 2.83. The molecule has 2 aliphatic rings. The van der Waals surface area contributed by atoms with Crippen LogP contribution in [0, 0.1) is 5.92 Å². The Hall–Kier alpha value is -1.10. The van der Waals surface area contributed by atoms with Crippen molar-refractivity contribution in [2.24, 2.45) is 5.92 Å². The molecule has 2 N–H and O–H groups in total. The summed E-state index contributed by atoms with van der Waals surface area (Å²) in [6.07, 6.45) is 9.14. The van der Waals surface area contributed by atoms with Crippen molar-refractivity contribution in [1.29, 1.82) is 0 Å². The standard InChI is InChI=1S/C14H24N2O3/c17-13(16-19-12-7-3-4-8-12)9-10-15-14(18)11-5-1-2-6-11/h11-12H,1-10H2,(H,15,18)(H,16,17). The number of rotatable bonds is 6. The fraction of sp³-hybridized carbons (Fsp3) is 0.857. The quantitative estimate of drug-likeness (QED) is 0.720. The van der Waals surface area contributed by atoms with Gasteiger partial charge in [0.05, 0.1) is 6.10 Å². The number of carbonyl (C=O) groups excluding carboxylic acids is 2. The Balaban J connectivity index is 1.52. The van der Waals surface area contributed by atoms with Gasteiger partial charge in [-0.2, -0.15) is 0 Å².